The van der Waals surface area contributed by atoms with Crippen molar-refractivity contribution in [2.75, 3.05) is 5.32 Å². The lowest BCUT2D eigenvalue weighted by molar-refractivity contribution is -0.384. The van der Waals surface area contributed by atoms with Crippen LogP contribution in [0.5, 0.6) is 11.5 Å². The van der Waals surface area contributed by atoms with Gasteiger partial charge in [0.2, 0.25) is 0 Å². The highest BCUT2D eigenvalue weighted by Gasteiger charge is 2.14. The van der Waals surface area contributed by atoms with Crippen molar-refractivity contribution in [1.29, 1.82) is 0 Å². The number of ether oxygens (including phenoxy) is 1. The van der Waals surface area contributed by atoms with Crippen LogP contribution in [0.4, 0.5) is 11.4 Å². The number of nitro benzene ring substituents is 1. The number of amides is 1. The Morgan fingerprint density at radius 2 is 2.04 bits per heavy atom. The molecule has 0 aliphatic carbocycles. The Balaban J connectivity index is 1.62. The van der Waals surface area contributed by atoms with E-state index in [1.165, 1.54) is 36.4 Å². The summed E-state index contributed by atoms with van der Waals surface area (Å²) in [6, 6.07) is 13.0. The van der Waals surface area contributed by atoms with E-state index in [9.17, 15) is 20.0 Å². The number of nitrogens with one attached hydrogen (secondary N) is 1. The number of phenols is 1. The second kappa shape index (κ2) is 7.79. The van der Waals surface area contributed by atoms with Crippen LogP contribution < -0.4 is 10.1 Å². The molecule has 0 radical (unpaired) electrons. The molecule has 0 aliphatic rings. The molecular weight excluding hydrogens is 376 g/mol. The number of carbonyl (C=O) groups excluding carboxylic acids is 1. The number of anilines is 1. The quantitative estimate of drug-likeness (QED) is 0.478. The minimum Gasteiger partial charge on any atom is -0.508 e. The predicted molar refractivity (Wildman–Crippen MR) is 97.2 cm³/mol. The Morgan fingerprint density at radius 1 is 1.22 bits per heavy atom. The van der Waals surface area contributed by atoms with E-state index in [1.807, 2.05) is 0 Å². The van der Waals surface area contributed by atoms with Gasteiger partial charge in [-0.2, -0.15) is 0 Å². The number of phenolic OH excluding ortho intramolecular Hbond substituents is 1. The summed E-state index contributed by atoms with van der Waals surface area (Å²) in [7, 11) is 0. The summed E-state index contributed by atoms with van der Waals surface area (Å²) >= 11 is 5.95. The number of nitro groups is 1. The molecule has 27 heavy (non-hydrogen) atoms. The fraction of sp³-hybridized carbons (Fsp3) is 0.0556. The van der Waals surface area contributed by atoms with Crippen LogP contribution in [-0.4, -0.2) is 15.9 Å². The molecule has 0 fully saturated rings. The van der Waals surface area contributed by atoms with E-state index in [0.29, 0.717) is 11.4 Å². The first-order valence-electron chi connectivity index (χ1n) is 7.68. The normalized spacial score (nSPS) is 10.4. The number of nitrogens with zero attached hydrogens (tertiary/aromatic N) is 1. The van der Waals surface area contributed by atoms with E-state index >= 15 is 0 Å². The highest BCUT2D eigenvalue weighted by atomic mass is 35.5. The van der Waals surface area contributed by atoms with Gasteiger partial charge < -0.3 is 19.6 Å². The minimum absolute atomic E-state index is 0.0169. The number of halogens is 1. The zero-order chi connectivity index (χ0) is 19.4. The standard InChI is InChI=1S/C18H13ClN2O6/c19-15-9-12(21(24)25)4-6-16(15)26-10-14-5-7-17(27-14)18(23)20-11-2-1-3-13(22)8-11/h1-9,22H,10H2,(H,20,23). The van der Waals surface area contributed by atoms with Gasteiger partial charge in [0.25, 0.3) is 11.6 Å². The van der Waals surface area contributed by atoms with Crippen LogP contribution in [0.15, 0.2) is 59.0 Å². The summed E-state index contributed by atoms with van der Waals surface area (Å²) in [5.74, 6) is 0.225. The Kier molecular flexibility index (Phi) is 5.28. The first-order valence-corrected chi connectivity index (χ1v) is 8.06. The first-order chi connectivity index (χ1) is 12.9. The third kappa shape index (κ3) is 4.56. The highest BCUT2D eigenvalue weighted by Crippen LogP contribution is 2.29. The zero-order valence-corrected chi connectivity index (χ0v) is 14.5. The van der Waals surface area contributed by atoms with Crippen LogP contribution in [0.2, 0.25) is 5.02 Å². The second-order valence-corrected chi connectivity index (χ2v) is 5.84. The second-order valence-electron chi connectivity index (χ2n) is 5.43. The van der Waals surface area contributed by atoms with Gasteiger partial charge in [-0.25, -0.2) is 0 Å². The van der Waals surface area contributed by atoms with Gasteiger partial charge in [0.1, 0.15) is 23.9 Å². The number of carbonyl (C=O) groups is 1. The maximum Gasteiger partial charge on any atom is 0.291 e. The van der Waals surface area contributed by atoms with E-state index in [-0.39, 0.29) is 34.6 Å². The number of hydrogen-bond acceptors (Lipinski definition) is 6. The molecule has 1 heterocycles. The number of furan rings is 1. The molecule has 0 atom stereocenters. The van der Waals surface area contributed by atoms with E-state index in [2.05, 4.69) is 5.32 Å². The summed E-state index contributed by atoms with van der Waals surface area (Å²) in [5.41, 5.74) is 0.281. The van der Waals surface area contributed by atoms with E-state index in [0.717, 1.165) is 0 Å². The topological polar surface area (TPSA) is 115 Å². The molecule has 2 aromatic carbocycles. The van der Waals surface area contributed by atoms with Gasteiger partial charge in [0.05, 0.1) is 9.95 Å². The zero-order valence-electron chi connectivity index (χ0n) is 13.7. The average Bonchev–Trinajstić information content (AvgIpc) is 3.09. The molecule has 0 aliphatic heterocycles. The fourth-order valence-electron chi connectivity index (χ4n) is 2.22. The molecule has 1 aromatic heterocycles. The Hall–Kier alpha value is -3.52. The SMILES string of the molecule is O=C(Nc1cccc(O)c1)c1ccc(COc2ccc([N+](=O)[O-])cc2Cl)o1. The molecule has 138 valence electrons. The molecule has 1 amide bonds. The molecular formula is C18H13ClN2O6. The Bertz CT molecular complexity index is 1000. The summed E-state index contributed by atoms with van der Waals surface area (Å²) in [6.45, 7) is -0.0169. The van der Waals surface area contributed by atoms with Gasteiger partial charge in [0, 0.05) is 23.9 Å². The lowest BCUT2D eigenvalue weighted by Crippen LogP contribution is -2.10. The van der Waals surface area contributed by atoms with Crippen LogP contribution >= 0.6 is 11.6 Å². The molecule has 0 bridgehead atoms. The highest BCUT2D eigenvalue weighted by molar-refractivity contribution is 6.32. The molecule has 2 N–H and O–H groups in total. The fourth-order valence-corrected chi connectivity index (χ4v) is 2.45. The number of hydrogen-bond donors (Lipinski definition) is 2. The van der Waals surface area contributed by atoms with Crippen LogP contribution in [0.25, 0.3) is 0 Å². The molecule has 0 spiro atoms. The van der Waals surface area contributed by atoms with Crippen LogP contribution in [0.1, 0.15) is 16.3 Å². The van der Waals surface area contributed by atoms with Crippen LogP contribution in [0, 0.1) is 10.1 Å². The lowest BCUT2D eigenvalue weighted by atomic mass is 10.3. The van der Waals surface area contributed by atoms with Gasteiger partial charge >= 0.3 is 0 Å². The van der Waals surface area contributed by atoms with Gasteiger partial charge in [-0.15, -0.1) is 0 Å². The Morgan fingerprint density at radius 3 is 2.74 bits per heavy atom. The Labute approximate surface area is 158 Å². The largest absolute Gasteiger partial charge is 0.508 e. The third-order valence-electron chi connectivity index (χ3n) is 3.49. The predicted octanol–water partition coefficient (Wildman–Crippen LogP) is 4.38. The maximum atomic E-state index is 12.2. The van der Waals surface area contributed by atoms with Crippen molar-refractivity contribution in [2.45, 2.75) is 6.61 Å². The number of benzene rings is 2. The molecule has 8 nitrogen and oxygen atoms in total. The number of aromatic hydroxyl groups is 1. The molecule has 0 saturated heterocycles. The smallest absolute Gasteiger partial charge is 0.291 e. The van der Waals surface area contributed by atoms with Gasteiger partial charge in [0.15, 0.2) is 5.76 Å². The van der Waals surface area contributed by atoms with Crippen molar-refractivity contribution in [2.24, 2.45) is 0 Å². The number of rotatable bonds is 6. The molecule has 3 aromatic rings. The van der Waals surface area contributed by atoms with Crippen molar-refractivity contribution in [3.8, 4) is 11.5 Å². The third-order valence-corrected chi connectivity index (χ3v) is 3.78. The monoisotopic (exact) mass is 388 g/mol. The molecule has 0 saturated carbocycles. The molecule has 9 heteroatoms. The van der Waals surface area contributed by atoms with E-state index in [1.54, 1.807) is 18.2 Å². The summed E-state index contributed by atoms with van der Waals surface area (Å²) in [6.07, 6.45) is 0. The van der Waals surface area contributed by atoms with Crippen molar-refractivity contribution in [3.05, 3.63) is 81.3 Å². The summed E-state index contributed by atoms with van der Waals surface area (Å²) < 4.78 is 10.9. The van der Waals surface area contributed by atoms with Gasteiger partial charge in [-0.05, 0) is 30.3 Å². The summed E-state index contributed by atoms with van der Waals surface area (Å²) in [4.78, 5) is 22.3. The first kappa shape index (κ1) is 18.3. The van der Waals surface area contributed by atoms with Gasteiger partial charge in [-0.1, -0.05) is 17.7 Å². The van der Waals surface area contributed by atoms with Crippen molar-refractivity contribution >= 4 is 28.9 Å². The number of non-ortho nitro benzene ring substituents is 1. The average molecular weight is 389 g/mol. The van der Waals surface area contributed by atoms with Crippen LogP contribution in [0.3, 0.4) is 0 Å². The molecule has 0 unspecified atom stereocenters. The minimum atomic E-state index is -0.556. The van der Waals surface area contributed by atoms with Crippen LogP contribution in [-0.2, 0) is 6.61 Å². The van der Waals surface area contributed by atoms with Crippen molar-refractivity contribution in [1.82, 2.24) is 0 Å². The van der Waals surface area contributed by atoms with E-state index < -0.39 is 10.8 Å². The molecule has 3 rings (SSSR count). The van der Waals surface area contributed by atoms with Crippen molar-refractivity contribution in [3.63, 3.8) is 0 Å². The van der Waals surface area contributed by atoms with E-state index in [4.69, 9.17) is 20.8 Å². The summed E-state index contributed by atoms with van der Waals surface area (Å²) in [5, 5.41) is 22.8. The maximum absolute atomic E-state index is 12.2. The lowest BCUT2D eigenvalue weighted by Gasteiger charge is -2.06. The van der Waals surface area contributed by atoms with Gasteiger partial charge in [-0.3, -0.25) is 14.9 Å². The van der Waals surface area contributed by atoms with Crippen molar-refractivity contribution < 1.29 is 24.0 Å².